The van der Waals surface area contributed by atoms with E-state index in [2.05, 4.69) is 30.9 Å². The van der Waals surface area contributed by atoms with Gasteiger partial charge in [0.15, 0.2) is 0 Å². The van der Waals surface area contributed by atoms with Gasteiger partial charge in [0.05, 0.1) is 18.4 Å². The molecule has 1 saturated heterocycles. The van der Waals surface area contributed by atoms with Gasteiger partial charge in [0, 0.05) is 26.3 Å². The molecule has 0 N–H and O–H groups in total. The third-order valence-corrected chi connectivity index (χ3v) is 2.45. The molecule has 1 aliphatic rings. The molecule has 0 bridgehead atoms. The summed E-state index contributed by atoms with van der Waals surface area (Å²) in [5.41, 5.74) is 1.29. The first-order valence-corrected chi connectivity index (χ1v) is 5.67. The van der Waals surface area contributed by atoms with Crippen molar-refractivity contribution in [2.45, 2.75) is 26.4 Å². The number of likely N-dealkylation sites (N-methyl/N-ethyl adjacent to an activating group) is 1. The second-order valence-electron chi connectivity index (χ2n) is 5.04. The van der Waals surface area contributed by atoms with Gasteiger partial charge in [-0.15, -0.1) is 0 Å². The number of hydrogen-bond donors (Lipinski definition) is 0. The highest BCUT2D eigenvalue weighted by molar-refractivity contribution is 4.98. The molecular formula is C12H23N3O. The van der Waals surface area contributed by atoms with E-state index in [1.54, 1.807) is 4.68 Å². The number of nitrogens with zero attached hydrogens (tertiary/aromatic N) is 3. The maximum absolute atomic E-state index is 5.49. The summed E-state index contributed by atoms with van der Waals surface area (Å²) >= 11 is 0. The van der Waals surface area contributed by atoms with Crippen molar-refractivity contribution in [1.29, 1.82) is 0 Å². The normalized spacial score (nSPS) is 20.1. The lowest BCUT2D eigenvalue weighted by Crippen LogP contribution is -2.46. The molecule has 0 amide bonds. The molecule has 0 atom stereocenters. The second kappa shape index (κ2) is 5.46. The Kier molecular flexibility index (Phi) is 4.50. The van der Waals surface area contributed by atoms with Crippen LogP contribution in [0.15, 0.2) is 12.4 Å². The summed E-state index contributed by atoms with van der Waals surface area (Å²) in [7, 11) is 4.04. The van der Waals surface area contributed by atoms with Crippen LogP contribution in [0.4, 0.5) is 0 Å². The molecule has 92 valence electrons. The van der Waals surface area contributed by atoms with Crippen molar-refractivity contribution >= 4 is 0 Å². The van der Waals surface area contributed by atoms with Gasteiger partial charge in [0.25, 0.3) is 0 Å². The standard InChI is InChI=1S/C7H15NO.C5H8N2/c1-7(2)6-8(3)4-5-9-7;1-5-3-6-7(2)4-5/h4-6H2,1-3H3;3-4H,1-2H3. The fourth-order valence-electron chi connectivity index (χ4n) is 1.80. The molecule has 2 rings (SSSR count). The van der Waals surface area contributed by atoms with Crippen LogP contribution < -0.4 is 0 Å². The van der Waals surface area contributed by atoms with Gasteiger partial charge in [-0.25, -0.2) is 0 Å². The number of hydrogen-bond acceptors (Lipinski definition) is 3. The highest BCUT2D eigenvalue weighted by Crippen LogP contribution is 2.14. The fraction of sp³-hybridized carbons (Fsp3) is 0.750. The van der Waals surface area contributed by atoms with Gasteiger partial charge in [-0.3, -0.25) is 4.68 Å². The van der Waals surface area contributed by atoms with E-state index in [-0.39, 0.29) is 5.60 Å². The van der Waals surface area contributed by atoms with Gasteiger partial charge in [-0.2, -0.15) is 5.10 Å². The van der Waals surface area contributed by atoms with Gasteiger partial charge < -0.3 is 9.64 Å². The molecular weight excluding hydrogens is 202 g/mol. The molecule has 16 heavy (non-hydrogen) atoms. The van der Waals surface area contributed by atoms with Crippen LogP contribution >= 0.6 is 0 Å². The first kappa shape index (κ1) is 13.2. The van der Waals surface area contributed by atoms with Crippen molar-refractivity contribution in [3.8, 4) is 0 Å². The largest absolute Gasteiger partial charge is 0.373 e. The first-order valence-electron chi connectivity index (χ1n) is 5.67. The number of aryl methyl sites for hydroxylation is 2. The van der Waals surface area contributed by atoms with Gasteiger partial charge in [0.1, 0.15) is 0 Å². The Morgan fingerprint density at radius 2 is 2.06 bits per heavy atom. The molecule has 1 fully saturated rings. The first-order chi connectivity index (χ1) is 7.39. The molecule has 0 radical (unpaired) electrons. The molecule has 1 aromatic rings. The van der Waals surface area contributed by atoms with Crippen molar-refractivity contribution in [1.82, 2.24) is 14.7 Å². The molecule has 2 heterocycles. The predicted molar refractivity (Wildman–Crippen MR) is 65.5 cm³/mol. The molecule has 4 heteroatoms. The molecule has 1 aromatic heterocycles. The van der Waals surface area contributed by atoms with Gasteiger partial charge in [-0.05, 0) is 33.4 Å². The smallest absolute Gasteiger partial charge is 0.0753 e. The molecule has 0 aliphatic carbocycles. The van der Waals surface area contributed by atoms with Crippen molar-refractivity contribution in [3.05, 3.63) is 18.0 Å². The Morgan fingerprint density at radius 1 is 1.38 bits per heavy atom. The van der Waals surface area contributed by atoms with E-state index in [9.17, 15) is 0 Å². The average molecular weight is 225 g/mol. The van der Waals surface area contributed by atoms with Crippen molar-refractivity contribution in [3.63, 3.8) is 0 Å². The number of morpholine rings is 1. The van der Waals surface area contributed by atoms with E-state index in [0.717, 1.165) is 19.7 Å². The van der Waals surface area contributed by atoms with Crippen LogP contribution in [0.3, 0.4) is 0 Å². The van der Waals surface area contributed by atoms with Crippen molar-refractivity contribution in [2.24, 2.45) is 7.05 Å². The van der Waals surface area contributed by atoms with Crippen molar-refractivity contribution in [2.75, 3.05) is 26.7 Å². The Balaban J connectivity index is 0.000000165. The summed E-state index contributed by atoms with van der Waals surface area (Å²) in [5, 5.41) is 3.93. The van der Waals surface area contributed by atoms with E-state index in [1.165, 1.54) is 5.56 Å². The highest BCUT2D eigenvalue weighted by atomic mass is 16.5. The van der Waals surface area contributed by atoms with E-state index in [1.807, 2.05) is 26.4 Å². The van der Waals surface area contributed by atoms with Crippen LogP contribution in [0, 0.1) is 6.92 Å². The molecule has 0 spiro atoms. The third kappa shape index (κ3) is 4.77. The van der Waals surface area contributed by atoms with Gasteiger partial charge in [0.2, 0.25) is 0 Å². The van der Waals surface area contributed by atoms with Gasteiger partial charge >= 0.3 is 0 Å². The predicted octanol–water partition coefficient (Wildman–Crippen LogP) is 1.46. The SMILES string of the molecule is CN1CCOC(C)(C)C1.Cc1cnn(C)c1. The zero-order valence-corrected chi connectivity index (χ0v) is 11.0. The number of rotatable bonds is 0. The maximum atomic E-state index is 5.49. The minimum absolute atomic E-state index is 0.0764. The minimum atomic E-state index is 0.0764. The summed E-state index contributed by atoms with van der Waals surface area (Å²) in [6, 6.07) is 0. The molecule has 4 nitrogen and oxygen atoms in total. The maximum Gasteiger partial charge on any atom is 0.0753 e. The van der Waals surface area contributed by atoms with Crippen molar-refractivity contribution < 1.29 is 4.74 Å². The summed E-state index contributed by atoms with van der Waals surface area (Å²) in [6.45, 7) is 9.28. The van der Waals surface area contributed by atoms with E-state index in [0.29, 0.717) is 0 Å². The van der Waals surface area contributed by atoms with Crippen LogP contribution in [0.5, 0.6) is 0 Å². The minimum Gasteiger partial charge on any atom is -0.373 e. The Hall–Kier alpha value is -0.870. The second-order valence-corrected chi connectivity index (χ2v) is 5.04. The average Bonchev–Trinajstić information content (AvgIpc) is 2.48. The zero-order valence-electron chi connectivity index (χ0n) is 11.0. The van der Waals surface area contributed by atoms with Crippen LogP contribution in [0.25, 0.3) is 0 Å². The quantitative estimate of drug-likeness (QED) is 0.669. The zero-order chi connectivity index (χ0) is 12.2. The summed E-state index contributed by atoms with van der Waals surface area (Å²) in [4.78, 5) is 2.30. The molecule has 0 unspecified atom stereocenters. The summed E-state index contributed by atoms with van der Waals surface area (Å²) < 4.78 is 7.28. The van der Waals surface area contributed by atoms with Crippen LogP contribution in [0.2, 0.25) is 0 Å². The Morgan fingerprint density at radius 3 is 2.31 bits per heavy atom. The van der Waals surface area contributed by atoms with E-state index < -0.39 is 0 Å². The fourth-order valence-corrected chi connectivity index (χ4v) is 1.80. The lowest BCUT2D eigenvalue weighted by atomic mass is 10.1. The lowest BCUT2D eigenvalue weighted by molar-refractivity contribution is -0.0789. The summed E-state index contributed by atoms with van der Waals surface area (Å²) in [5.74, 6) is 0. The van der Waals surface area contributed by atoms with Crippen LogP contribution in [-0.4, -0.2) is 47.0 Å². The third-order valence-electron chi connectivity index (χ3n) is 2.45. The summed E-state index contributed by atoms with van der Waals surface area (Å²) in [6.07, 6.45) is 3.81. The van der Waals surface area contributed by atoms with Crippen LogP contribution in [-0.2, 0) is 11.8 Å². The number of ether oxygens (including phenoxy) is 1. The molecule has 1 aliphatic heterocycles. The topological polar surface area (TPSA) is 30.3 Å². The van der Waals surface area contributed by atoms with E-state index >= 15 is 0 Å². The Bertz CT molecular complexity index is 303. The van der Waals surface area contributed by atoms with E-state index in [4.69, 9.17) is 4.74 Å². The Labute approximate surface area is 98.2 Å². The highest BCUT2D eigenvalue weighted by Gasteiger charge is 2.24. The molecule has 0 aromatic carbocycles. The monoisotopic (exact) mass is 225 g/mol. The van der Waals surface area contributed by atoms with Crippen LogP contribution in [0.1, 0.15) is 19.4 Å². The van der Waals surface area contributed by atoms with Gasteiger partial charge in [-0.1, -0.05) is 0 Å². The lowest BCUT2D eigenvalue weighted by Gasteiger charge is -2.35. The number of aromatic nitrogens is 2. The molecule has 0 saturated carbocycles.